The lowest BCUT2D eigenvalue weighted by atomic mass is 9.98. The molecule has 2 heteroatoms. The molecule has 3 unspecified atom stereocenters. The van der Waals surface area contributed by atoms with Crippen molar-refractivity contribution in [3.05, 3.63) is 12.7 Å². The molecular formula is C10H23NSi. The molecule has 3 atom stereocenters. The first-order valence-corrected chi connectivity index (χ1v) is 5.93. The summed E-state index contributed by atoms with van der Waals surface area (Å²) in [5.41, 5.74) is 0.771. The van der Waals surface area contributed by atoms with Crippen LogP contribution in [0.4, 0.5) is 0 Å². The van der Waals surface area contributed by atoms with Crippen molar-refractivity contribution in [3.8, 4) is 0 Å². The molecule has 0 amide bonds. The molecule has 0 aromatic carbocycles. The highest BCUT2D eigenvalue weighted by Gasteiger charge is 2.13. The van der Waals surface area contributed by atoms with Crippen molar-refractivity contribution in [1.29, 1.82) is 0 Å². The van der Waals surface area contributed by atoms with Gasteiger partial charge in [-0.05, 0) is 38.9 Å². The Labute approximate surface area is 80.3 Å². The lowest BCUT2D eigenvalue weighted by molar-refractivity contribution is 0.268. The minimum absolute atomic E-state index is 0.691. The summed E-state index contributed by atoms with van der Waals surface area (Å²) >= 11 is 0. The molecule has 0 rings (SSSR count). The number of hydrogen-bond acceptors (Lipinski definition) is 1. The number of allylic oxidation sites excluding steroid dienone is 1. The van der Waals surface area contributed by atoms with Gasteiger partial charge in [-0.3, -0.25) is 0 Å². The van der Waals surface area contributed by atoms with Gasteiger partial charge in [0.05, 0.1) is 0 Å². The third kappa shape index (κ3) is 4.07. The zero-order chi connectivity index (χ0) is 9.72. The van der Waals surface area contributed by atoms with Crippen molar-refractivity contribution in [2.24, 2.45) is 5.92 Å². The van der Waals surface area contributed by atoms with Crippen LogP contribution in [0.2, 0.25) is 5.54 Å². The van der Waals surface area contributed by atoms with Gasteiger partial charge in [-0.25, -0.2) is 0 Å². The lowest BCUT2D eigenvalue weighted by Gasteiger charge is -2.25. The summed E-state index contributed by atoms with van der Waals surface area (Å²) < 4.78 is 0. The van der Waals surface area contributed by atoms with Crippen LogP contribution in [0, 0.1) is 5.92 Å². The smallest absolute Gasteiger partial charge is 0.0118 e. The zero-order valence-corrected chi connectivity index (χ0v) is 11.2. The Kier molecular flexibility index (Phi) is 5.50. The molecule has 12 heavy (non-hydrogen) atoms. The Balaban J connectivity index is 3.82. The van der Waals surface area contributed by atoms with Crippen LogP contribution in [-0.4, -0.2) is 35.3 Å². The molecule has 0 bridgehead atoms. The topological polar surface area (TPSA) is 3.24 Å². The molecule has 0 aliphatic heterocycles. The van der Waals surface area contributed by atoms with Crippen LogP contribution < -0.4 is 0 Å². The quantitative estimate of drug-likeness (QED) is 0.461. The Morgan fingerprint density at radius 1 is 1.42 bits per heavy atom. The van der Waals surface area contributed by atoms with Crippen molar-refractivity contribution in [2.75, 3.05) is 14.1 Å². The van der Waals surface area contributed by atoms with E-state index in [1.165, 1.54) is 16.7 Å². The van der Waals surface area contributed by atoms with Gasteiger partial charge in [0.15, 0.2) is 0 Å². The number of hydrogen-bond donors (Lipinski definition) is 0. The van der Waals surface area contributed by atoms with Crippen LogP contribution in [0.5, 0.6) is 0 Å². The van der Waals surface area contributed by atoms with E-state index in [4.69, 9.17) is 0 Å². The molecule has 0 heterocycles. The molecule has 0 aromatic rings. The summed E-state index contributed by atoms with van der Waals surface area (Å²) in [6.45, 7) is 8.47. The molecule has 0 N–H and O–H groups in total. The van der Waals surface area contributed by atoms with Crippen LogP contribution in [0.3, 0.4) is 0 Å². The first-order chi connectivity index (χ1) is 5.49. The van der Waals surface area contributed by atoms with Crippen molar-refractivity contribution in [3.63, 3.8) is 0 Å². The third-order valence-corrected chi connectivity index (χ3v) is 4.47. The fraction of sp³-hybridized carbons (Fsp3) is 0.800. The van der Waals surface area contributed by atoms with Crippen LogP contribution >= 0.6 is 0 Å². The van der Waals surface area contributed by atoms with E-state index in [-0.39, 0.29) is 0 Å². The highest BCUT2D eigenvalue weighted by molar-refractivity contribution is 6.13. The monoisotopic (exact) mass is 185 g/mol. The second-order valence-electron chi connectivity index (χ2n) is 4.12. The highest BCUT2D eigenvalue weighted by Crippen LogP contribution is 2.21. The van der Waals surface area contributed by atoms with Crippen LogP contribution in [0.1, 0.15) is 20.3 Å². The second-order valence-corrected chi connectivity index (χ2v) is 5.45. The fourth-order valence-electron chi connectivity index (χ4n) is 1.20. The maximum Gasteiger partial charge on any atom is 0.0118 e. The molecule has 0 fully saturated rings. The predicted octanol–water partition coefficient (Wildman–Crippen LogP) is 1.30. The van der Waals surface area contributed by atoms with Crippen molar-refractivity contribution in [2.45, 2.75) is 31.9 Å². The predicted molar refractivity (Wildman–Crippen MR) is 60.8 cm³/mol. The van der Waals surface area contributed by atoms with E-state index in [9.17, 15) is 0 Å². The minimum atomic E-state index is 0.691. The summed E-state index contributed by atoms with van der Waals surface area (Å²) in [5.74, 6) is 0.798. The number of nitrogens with zero attached hydrogens (tertiary/aromatic N) is 1. The molecule has 72 valence electrons. The van der Waals surface area contributed by atoms with Gasteiger partial charge < -0.3 is 4.90 Å². The molecule has 0 aromatic heterocycles. The molecule has 0 spiro atoms. The molecular weight excluding hydrogens is 162 g/mol. The van der Waals surface area contributed by atoms with Crippen LogP contribution in [0.25, 0.3) is 0 Å². The minimum Gasteiger partial charge on any atom is -0.307 e. The second kappa shape index (κ2) is 5.54. The summed E-state index contributed by atoms with van der Waals surface area (Å²) in [4.78, 5) is 2.29. The van der Waals surface area contributed by atoms with E-state index in [2.05, 4.69) is 45.5 Å². The fourth-order valence-corrected chi connectivity index (χ4v) is 1.47. The van der Waals surface area contributed by atoms with Gasteiger partial charge in [-0.2, -0.15) is 0 Å². The standard InChI is InChI=1S/C10H23NSi/c1-6-10(12)8(2)7-9(3)11(4)5/h6,8-10H,1,7H2,2-5,12H3. The third-order valence-electron chi connectivity index (χ3n) is 2.86. The SMILES string of the molecule is C=CC([SiH3])C(C)CC(C)N(C)C. The van der Waals surface area contributed by atoms with Gasteiger partial charge >= 0.3 is 0 Å². The number of rotatable bonds is 5. The average Bonchev–Trinajstić information content (AvgIpc) is 2.02. The maximum absolute atomic E-state index is 3.85. The van der Waals surface area contributed by atoms with Gasteiger partial charge in [0.2, 0.25) is 0 Å². The van der Waals surface area contributed by atoms with Gasteiger partial charge in [0.1, 0.15) is 0 Å². The Morgan fingerprint density at radius 3 is 2.25 bits per heavy atom. The van der Waals surface area contributed by atoms with E-state index in [0.29, 0.717) is 6.04 Å². The molecule has 0 saturated heterocycles. The van der Waals surface area contributed by atoms with Gasteiger partial charge in [-0.1, -0.05) is 13.0 Å². The summed E-state index contributed by atoms with van der Waals surface area (Å²) in [6, 6.07) is 0.691. The van der Waals surface area contributed by atoms with E-state index in [1.807, 2.05) is 0 Å². The van der Waals surface area contributed by atoms with E-state index in [1.54, 1.807) is 0 Å². The van der Waals surface area contributed by atoms with Crippen LogP contribution in [-0.2, 0) is 0 Å². The molecule has 1 nitrogen and oxygen atoms in total. The first kappa shape index (κ1) is 11.9. The normalized spacial score (nSPS) is 19.1. The molecule has 0 radical (unpaired) electrons. The molecule has 0 aliphatic rings. The largest absolute Gasteiger partial charge is 0.307 e. The Bertz CT molecular complexity index is 134. The highest BCUT2D eigenvalue weighted by atomic mass is 28.1. The summed E-state index contributed by atoms with van der Waals surface area (Å²) in [6.07, 6.45) is 3.40. The average molecular weight is 185 g/mol. The first-order valence-electron chi connectivity index (χ1n) is 4.78. The van der Waals surface area contributed by atoms with Crippen molar-refractivity contribution >= 4 is 10.2 Å². The lowest BCUT2D eigenvalue weighted by Crippen LogP contribution is -2.27. The van der Waals surface area contributed by atoms with Gasteiger partial charge in [-0.15, -0.1) is 6.58 Å². The van der Waals surface area contributed by atoms with Gasteiger partial charge in [0, 0.05) is 16.3 Å². The Morgan fingerprint density at radius 2 is 1.92 bits per heavy atom. The van der Waals surface area contributed by atoms with Crippen molar-refractivity contribution in [1.82, 2.24) is 4.90 Å². The zero-order valence-electron chi connectivity index (χ0n) is 9.17. The van der Waals surface area contributed by atoms with E-state index in [0.717, 1.165) is 11.5 Å². The van der Waals surface area contributed by atoms with Gasteiger partial charge in [0.25, 0.3) is 0 Å². The van der Waals surface area contributed by atoms with Crippen LogP contribution in [0.15, 0.2) is 12.7 Å². The molecule has 0 aliphatic carbocycles. The Hall–Kier alpha value is -0.0831. The van der Waals surface area contributed by atoms with E-state index < -0.39 is 0 Å². The maximum atomic E-state index is 3.85. The van der Waals surface area contributed by atoms with Crippen molar-refractivity contribution < 1.29 is 0 Å². The molecule has 0 saturated carbocycles. The summed E-state index contributed by atoms with van der Waals surface area (Å²) in [7, 11) is 5.53. The van der Waals surface area contributed by atoms with E-state index >= 15 is 0 Å². The summed E-state index contributed by atoms with van der Waals surface area (Å²) in [5, 5.41) is 0.